The van der Waals surface area contributed by atoms with Crippen LogP contribution in [0.3, 0.4) is 0 Å². The second-order valence-corrected chi connectivity index (χ2v) is 18.3. The van der Waals surface area contributed by atoms with E-state index in [1.165, 1.54) is 144 Å². The first-order valence-corrected chi connectivity index (χ1v) is 28.3. The second kappa shape index (κ2) is 24.7. The Morgan fingerprint density at radius 3 is 0.861 bits per heavy atom. The van der Waals surface area contributed by atoms with Crippen molar-refractivity contribution >= 4 is 96.3 Å². The molecule has 2 radical (unpaired) electrons. The van der Waals surface area contributed by atoms with Gasteiger partial charge in [0.1, 0.15) is 0 Å². The standard InChI is InChI=1S/2C33H27.2CH3.2ClH.Si.Zr/c2*1-3-22(2)25-20-32-30(28-16-8-12-23-10-4-6-14-26(23)28)18-19-31(33(32)21-25)29-17-9-13-24-11-5-7-15-27(24)29;;;;;;/h2*4-22H,3H2,1-2H3;2*1H3;2*1H;;/q4*-1;;;;. The molecule has 0 spiro atoms. The molecular formula is C68H62Cl2SiZr-4. The molecule has 12 aromatic carbocycles. The summed E-state index contributed by atoms with van der Waals surface area (Å²) in [6.07, 6.45) is 2.28. The van der Waals surface area contributed by atoms with E-state index in [9.17, 15) is 0 Å². The molecule has 72 heavy (non-hydrogen) atoms. The van der Waals surface area contributed by atoms with Crippen molar-refractivity contribution in [1.82, 2.24) is 0 Å². The van der Waals surface area contributed by atoms with Gasteiger partial charge in [-0.25, -0.2) is 0 Å². The van der Waals surface area contributed by atoms with Gasteiger partial charge in [-0.1, -0.05) is 268 Å². The first kappa shape index (κ1) is 55.5. The molecule has 0 saturated heterocycles. The number of hydrogen-bond acceptors (Lipinski definition) is 0. The van der Waals surface area contributed by atoms with Crippen LogP contribution in [-0.4, -0.2) is 6.88 Å². The van der Waals surface area contributed by atoms with Gasteiger partial charge < -0.3 is 14.9 Å². The van der Waals surface area contributed by atoms with Crippen molar-refractivity contribution in [1.29, 1.82) is 0 Å². The van der Waals surface area contributed by atoms with Crippen LogP contribution in [0, 0.1) is 14.9 Å². The van der Waals surface area contributed by atoms with Crippen LogP contribution in [0.2, 0.25) is 0 Å². The van der Waals surface area contributed by atoms with Crippen LogP contribution in [0.15, 0.2) is 218 Å². The topological polar surface area (TPSA) is 0 Å². The molecule has 0 aliphatic rings. The Morgan fingerprint density at radius 1 is 0.333 bits per heavy atom. The second-order valence-electron chi connectivity index (χ2n) is 18.3. The normalized spacial score (nSPS) is 11.5. The summed E-state index contributed by atoms with van der Waals surface area (Å²) in [5, 5.41) is 15.8. The maximum atomic E-state index is 3.06. The van der Waals surface area contributed by atoms with Crippen LogP contribution in [0.5, 0.6) is 0 Å². The Kier molecular flexibility index (Phi) is 19.0. The van der Waals surface area contributed by atoms with Gasteiger partial charge in [-0.2, -0.15) is 12.1 Å². The van der Waals surface area contributed by atoms with Gasteiger partial charge in [0.05, 0.1) is 0 Å². The van der Waals surface area contributed by atoms with E-state index < -0.39 is 0 Å². The van der Waals surface area contributed by atoms with Crippen molar-refractivity contribution in [3.8, 4) is 44.5 Å². The molecule has 0 bridgehead atoms. The van der Waals surface area contributed by atoms with Crippen molar-refractivity contribution in [3.05, 3.63) is 244 Å². The Hall–Kier alpha value is -5.86. The maximum absolute atomic E-state index is 3.06. The van der Waals surface area contributed by atoms with Crippen molar-refractivity contribution in [2.45, 2.75) is 52.4 Å². The van der Waals surface area contributed by atoms with Crippen LogP contribution in [0.4, 0.5) is 0 Å². The zero-order valence-electron chi connectivity index (χ0n) is 42.2. The molecule has 0 nitrogen and oxygen atoms in total. The van der Waals surface area contributed by atoms with Gasteiger partial charge in [-0.3, -0.25) is 0 Å². The van der Waals surface area contributed by atoms with E-state index in [4.69, 9.17) is 0 Å². The molecule has 0 aliphatic carbocycles. The van der Waals surface area contributed by atoms with E-state index in [1.807, 2.05) is 0 Å². The summed E-state index contributed by atoms with van der Waals surface area (Å²) in [5.41, 5.74) is 13.4. The van der Waals surface area contributed by atoms with E-state index in [1.54, 1.807) is 0 Å². The van der Waals surface area contributed by atoms with Crippen LogP contribution >= 0.6 is 24.8 Å². The van der Waals surface area contributed by atoms with Crippen molar-refractivity contribution in [2.75, 3.05) is 0 Å². The summed E-state index contributed by atoms with van der Waals surface area (Å²) in [7, 11) is 0. The number of rotatable bonds is 8. The Labute approximate surface area is 457 Å². The predicted octanol–water partition coefficient (Wildman–Crippen LogP) is 20.8. The molecule has 0 saturated carbocycles. The summed E-state index contributed by atoms with van der Waals surface area (Å²) in [4.78, 5) is 0. The number of halogens is 2. The van der Waals surface area contributed by atoms with Crippen LogP contribution < -0.4 is 0 Å². The first-order chi connectivity index (χ1) is 33.5. The molecule has 4 heteroatoms. The molecule has 360 valence electrons. The Bertz CT molecular complexity index is 3260. The average molecular weight is 1070 g/mol. The van der Waals surface area contributed by atoms with Gasteiger partial charge in [-0.15, -0.1) is 69.6 Å². The molecule has 0 N–H and O–H groups in total. The van der Waals surface area contributed by atoms with Crippen LogP contribution in [-0.2, 0) is 23.3 Å². The first-order valence-electron chi connectivity index (χ1n) is 24.1. The molecule has 0 aromatic heterocycles. The third-order valence-electron chi connectivity index (χ3n) is 14.5. The van der Waals surface area contributed by atoms with Crippen LogP contribution in [0.1, 0.15) is 63.5 Å². The number of fused-ring (bicyclic) bond motifs is 6. The third-order valence-corrected chi connectivity index (χ3v) is 14.5. The molecule has 2 atom stereocenters. The number of benzene rings is 10. The molecule has 0 fully saturated rings. The van der Waals surface area contributed by atoms with Crippen molar-refractivity contribution in [2.24, 2.45) is 0 Å². The van der Waals surface area contributed by atoms with E-state index in [-0.39, 0.29) is 39.7 Å². The van der Waals surface area contributed by atoms with Crippen molar-refractivity contribution in [3.63, 3.8) is 0 Å². The minimum absolute atomic E-state index is 0. The van der Waals surface area contributed by atoms with Gasteiger partial charge in [0.15, 0.2) is 0 Å². The van der Waals surface area contributed by atoms with E-state index in [0.717, 1.165) is 12.8 Å². The van der Waals surface area contributed by atoms with E-state index in [2.05, 4.69) is 253 Å². The van der Waals surface area contributed by atoms with Gasteiger partial charge in [0.25, 0.3) is 0 Å². The third kappa shape index (κ3) is 10.5. The zero-order chi connectivity index (χ0) is 46.7. The monoisotopic (exact) mass is 1070 g/mol. The average Bonchev–Trinajstić information content (AvgIpc) is 4.07. The number of hydrogen-bond donors (Lipinski definition) is 0. The molecule has 12 rings (SSSR count). The molecule has 0 heterocycles. The van der Waals surface area contributed by atoms with Gasteiger partial charge in [0, 0.05) is 0 Å². The van der Waals surface area contributed by atoms with Crippen molar-refractivity contribution < 1.29 is 23.3 Å². The molecule has 0 aliphatic heterocycles. The fourth-order valence-electron chi connectivity index (χ4n) is 10.5. The minimum atomic E-state index is 0. The van der Waals surface area contributed by atoms with Gasteiger partial charge in [0.2, 0.25) is 0 Å². The summed E-state index contributed by atoms with van der Waals surface area (Å²) < 4.78 is 0. The SMILES string of the molecule is CCC(C)c1cc2c(-c3cccc4ccccc34)ccc(-c3cccc4ccccc34)c2[cH-]1.CCC(C)c1cc2c(-c3cccc4ccccc34)ccc(-c3cccc4ccccc34)c2[cH-]1.Cl.Cl.[CH3-].[CH3-].[Si]=[Zr]. The predicted molar refractivity (Wildman–Crippen MR) is 321 cm³/mol. The Balaban J connectivity index is 0.000000216. The molecule has 0 amide bonds. The van der Waals surface area contributed by atoms with Gasteiger partial charge >= 0.3 is 30.2 Å². The fraction of sp³-hybridized carbons (Fsp3) is 0.118. The zero-order valence-corrected chi connectivity index (χ0v) is 47.3. The van der Waals surface area contributed by atoms with E-state index in [0.29, 0.717) is 11.8 Å². The molecular weight excluding hydrogens is 1010 g/mol. The van der Waals surface area contributed by atoms with Crippen LogP contribution in [0.25, 0.3) is 109 Å². The van der Waals surface area contributed by atoms with E-state index >= 15 is 0 Å². The summed E-state index contributed by atoms with van der Waals surface area (Å²) in [5.74, 6) is 1.08. The molecule has 2 unspecified atom stereocenters. The quantitative estimate of drug-likeness (QED) is 0.105. The van der Waals surface area contributed by atoms with Gasteiger partial charge in [-0.05, 0) is 66.1 Å². The summed E-state index contributed by atoms with van der Waals surface area (Å²) in [6, 6.07) is 80.6. The summed E-state index contributed by atoms with van der Waals surface area (Å²) >= 11 is 1.36. The fourth-order valence-corrected chi connectivity index (χ4v) is 10.5. The molecule has 12 aromatic rings. The Morgan fingerprint density at radius 2 is 0.569 bits per heavy atom. The summed E-state index contributed by atoms with van der Waals surface area (Å²) in [6.45, 7) is 12.3.